The average Bonchev–Trinajstić information content (AvgIpc) is 3.51. The first kappa shape index (κ1) is 20.9. The molecule has 1 aliphatic carbocycles. The van der Waals surface area contributed by atoms with E-state index in [4.69, 9.17) is 10.5 Å². The molecule has 0 bridgehead atoms. The van der Waals surface area contributed by atoms with Crippen LogP contribution in [-0.2, 0) is 24.1 Å². The summed E-state index contributed by atoms with van der Waals surface area (Å²) >= 11 is 0. The minimum Gasteiger partial charge on any atom is -0.494 e. The zero-order valence-electron chi connectivity index (χ0n) is 17.6. The summed E-state index contributed by atoms with van der Waals surface area (Å²) in [6, 6.07) is 6.42. The van der Waals surface area contributed by atoms with Crippen molar-refractivity contribution in [1.82, 2.24) is 19.7 Å². The van der Waals surface area contributed by atoms with Crippen LogP contribution < -0.4 is 15.8 Å². The maximum atomic E-state index is 12.7. The average molecular weight is 454 g/mol. The fourth-order valence-corrected chi connectivity index (χ4v) is 4.28. The smallest absolute Gasteiger partial charge is 0.298 e. The number of halogens is 2. The van der Waals surface area contributed by atoms with E-state index in [2.05, 4.69) is 25.0 Å². The van der Waals surface area contributed by atoms with Crippen LogP contribution in [0, 0.1) is 0 Å². The third-order valence-corrected chi connectivity index (χ3v) is 5.67. The van der Waals surface area contributed by atoms with Crippen LogP contribution in [0.1, 0.15) is 35.6 Å². The summed E-state index contributed by atoms with van der Waals surface area (Å²) in [7, 11) is 1.50. The normalized spacial score (nSPS) is 13.0. The van der Waals surface area contributed by atoms with Crippen LogP contribution >= 0.6 is 0 Å². The maximum absolute atomic E-state index is 12.7. The number of benzene rings is 1. The van der Waals surface area contributed by atoms with Gasteiger partial charge in [0.25, 0.3) is 6.43 Å². The molecule has 9 nitrogen and oxygen atoms in total. The third kappa shape index (κ3) is 3.65. The topological polar surface area (TPSA) is 121 Å². The number of carbonyl (C=O) groups is 1. The number of amides is 1. The second kappa shape index (κ2) is 8.15. The number of hydrogen-bond donors (Lipinski definition) is 2. The van der Waals surface area contributed by atoms with Crippen molar-refractivity contribution in [3.05, 3.63) is 53.3 Å². The largest absolute Gasteiger partial charge is 0.494 e. The Morgan fingerprint density at radius 2 is 2.15 bits per heavy atom. The van der Waals surface area contributed by atoms with E-state index < -0.39 is 18.1 Å². The summed E-state index contributed by atoms with van der Waals surface area (Å²) in [6.07, 6.45) is 1.32. The molecule has 33 heavy (non-hydrogen) atoms. The van der Waals surface area contributed by atoms with Gasteiger partial charge in [0.1, 0.15) is 17.6 Å². The number of aromatic nitrogens is 4. The van der Waals surface area contributed by atoms with Gasteiger partial charge in [-0.25, -0.2) is 18.7 Å². The number of anilines is 2. The minimum absolute atomic E-state index is 0.114. The molecule has 0 saturated carbocycles. The lowest BCUT2D eigenvalue weighted by atomic mass is 10.2. The number of fused-ring (bicyclic) bond motifs is 3. The molecule has 0 unspecified atom stereocenters. The first-order chi connectivity index (χ1) is 16.0. The van der Waals surface area contributed by atoms with Gasteiger partial charge in [0, 0.05) is 23.5 Å². The standard InChI is InChI=1S/C22H20F2N6O3/c1-32-16-9-12(30-15-4-2-3-13(15)19-20(30)22(25)27-10-26-19)5-6-14(16)28-18(31)8-11-7-17(21(23)24)33-29-11/h5-7,9-10,21H,2-4,8H2,1H3,(H,28,31)(H2,25,26,27). The lowest BCUT2D eigenvalue weighted by Crippen LogP contribution is -2.15. The number of methoxy groups -OCH3 is 1. The van der Waals surface area contributed by atoms with Crippen molar-refractivity contribution >= 4 is 28.4 Å². The molecule has 11 heteroatoms. The fraction of sp³-hybridized carbons (Fsp3) is 0.273. The highest BCUT2D eigenvalue weighted by molar-refractivity contribution is 5.94. The Balaban J connectivity index is 1.45. The van der Waals surface area contributed by atoms with Crippen LogP contribution in [0.4, 0.5) is 20.3 Å². The van der Waals surface area contributed by atoms with Crippen molar-refractivity contribution in [3.63, 3.8) is 0 Å². The van der Waals surface area contributed by atoms with E-state index in [1.54, 1.807) is 12.1 Å². The number of ether oxygens (including phenoxy) is 1. The van der Waals surface area contributed by atoms with E-state index in [1.807, 2.05) is 10.6 Å². The van der Waals surface area contributed by atoms with Crippen molar-refractivity contribution < 1.29 is 22.8 Å². The van der Waals surface area contributed by atoms with Gasteiger partial charge in [-0.1, -0.05) is 5.16 Å². The molecular formula is C22H20F2N6O3. The van der Waals surface area contributed by atoms with E-state index in [-0.39, 0.29) is 12.1 Å². The molecule has 0 saturated heterocycles. The molecule has 1 aromatic carbocycles. The number of nitrogens with zero attached hydrogens (tertiary/aromatic N) is 4. The number of nitrogens with two attached hydrogens (primary N) is 1. The van der Waals surface area contributed by atoms with Crippen molar-refractivity contribution in [1.29, 1.82) is 0 Å². The van der Waals surface area contributed by atoms with Crippen LogP contribution in [0.15, 0.2) is 35.1 Å². The van der Waals surface area contributed by atoms with Gasteiger partial charge in [-0.2, -0.15) is 0 Å². The predicted octanol–water partition coefficient (Wildman–Crippen LogP) is 3.61. The zero-order chi connectivity index (χ0) is 23.1. The van der Waals surface area contributed by atoms with Crippen LogP contribution in [0.25, 0.3) is 16.7 Å². The molecule has 1 aliphatic rings. The van der Waals surface area contributed by atoms with E-state index in [0.29, 0.717) is 17.3 Å². The first-order valence-electron chi connectivity index (χ1n) is 10.3. The summed E-state index contributed by atoms with van der Waals surface area (Å²) < 4.78 is 37.4. The second-order valence-electron chi connectivity index (χ2n) is 7.70. The maximum Gasteiger partial charge on any atom is 0.298 e. The van der Waals surface area contributed by atoms with Gasteiger partial charge in [-0.05, 0) is 37.0 Å². The molecule has 170 valence electrons. The monoisotopic (exact) mass is 454 g/mol. The third-order valence-electron chi connectivity index (χ3n) is 5.67. The van der Waals surface area contributed by atoms with Crippen molar-refractivity contribution in [2.75, 3.05) is 18.2 Å². The molecule has 0 aliphatic heterocycles. The van der Waals surface area contributed by atoms with Gasteiger partial charge in [-0.15, -0.1) is 0 Å². The molecule has 0 radical (unpaired) electrons. The molecule has 3 aromatic heterocycles. The summed E-state index contributed by atoms with van der Waals surface area (Å²) in [5, 5.41) is 6.24. The van der Waals surface area contributed by atoms with Crippen LogP contribution in [0.3, 0.4) is 0 Å². The van der Waals surface area contributed by atoms with Crippen molar-refractivity contribution in [2.24, 2.45) is 0 Å². The summed E-state index contributed by atoms with van der Waals surface area (Å²) in [4.78, 5) is 21.0. The molecular weight excluding hydrogens is 434 g/mol. The second-order valence-corrected chi connectivity index (χ2v) is 7.70. The zero-order valence-corrected chi connectivity index (χ0v) is 17.6. The summed E-state index contributed by atoms with van der Waals surface area (Å²) in [5.74, 6) is -0.200. The Labute approximate surface area is 186 Å². The molecule has 0 fully saturated rings. The molecule has 3 N–H and O–H groups in total. The fourth-order valence-electron chi connectivity index (χ4n) is 4.28. The number of alkyl halides is 2. The number of nitrogens with one attached hydrogen (secondary N) is 1. The van der Waals surface area contributed by atoms with Crippen molar-refractivity contribution in [3.8, 4) is 11.4 Å². The Morgan fingerprint density at radius 1 is 1.30 bits per heavy atom. The quantitative estimate of drug-likeness (QED) is 0.456. The van der Waals surface area contributed by atoms with Gasteiger partial charge in [0.2, 0.25) is 11.7 Å². The Kier molecular flexibility index (Phi) is 5.15. The lowest BCUT2D eigenvalue weighted by molar-refractivity contribution is -0.115. The number of hydrogen-bond acceptors (Lipinski definition) is 7. The summed E-state index contributed by atoms with van der Waals surface area (Å²) in [5.41, 5.74) is 11.5. The Hall–Kier alpha value is -4.02. The van der Waals surface area contributed by atoms with Crippen LogP contribution in [-0.4, -0.2) is 32.7 Å². The molecule has 0 atom stereocenters. The van der Waals surface area contributed by atoms with E-state index in [0.717, 1.165) is 47.7 Å². The molecule has 5 rings (SSSR count). The molecule has 4 aromatic rings. The predicted molar refractivity (Wildman–Crippen MR) is 116 cm³/mol. The minimum atomic E-state index is -2.78. The highest BCUT2D eigenvalue weighted by Gasteiger charge is 2.25. The Morgan fingerprint density at radius 3 is 2.91 bits per heavy atom. The highest BCUT2D eigenvalue weighted by atomic mass is 19.3. The van der Waals surface area contributed by atoms with Gasteiger partial charge in [-0.3, -0.25) is 4.79 Å². The highest BCUT2D eigenvalue weighted by Crippen LogP contribution is 2.38. The van der Waals surface area contributed by atoms with Gasteiger partial charge >= 0.3 is 0 Å². The molecule has 0 spiro atoms. The number of nitrogen functional groups attached to an aromatic ring is 1. The Bertz CT molecular complexity index is 1360. The summed E-state index contributed by atoms with van der Waals surface area (Å²) in [6.45, 7) is 0. The van der Waals surface area contributed by atoms with Gasteiger partial charge < -0.3 is 24.9 Å². The van der Waals surface area contributed by atoms with Gasteiger partial charge in [0.05, 0.1) is 30.4 Å². The first-order valence-corrected chi connectivity index (χ1v) is 10.3. The van der Waals surface area contributed by atoms with E-state index >= 15 is 0 Å². The molecule has 3 heterocycles. The number of carbonyl (C=O) groups excluding carboxylic acids is 1. The molecule has 1 amide bonds. The SMILES string of the molecule is COc1cc(-n2c3c(c4ncnc(N)c42)CCC3)ccc1NC(=O)Cc1cc(C(F)F)on1. The van der Waals surface area contributed by atoms with Gasteiger partial charge in [0.15, 0.2) is 5.82 Å². The van der Waals surface area contributed by atoms with Crippen molar-refractivity contribution in [2.45, 2.75) is 32.1 Å². The van der Waals surface area contributed by atoms with Crippen LogP contribution in [0.2, 0.25) is 0 Å². The van der Waals surface area contributed by atoms with E-state index in [1.165, 1.54) is 19.0 Å². The van der Waals surface area contributed by atoms with Crippen LogP contribution in [0.5, 0.6) is 5.75 Å². The number of rotatable bonds is 6. The lowest BCUT2D eigenvalue weighted by Gasteiger charge is -2.15. The number of aryl methyl sites for hydroxylation is 1. The van der Waals surface area contributed by atoms with E-state index in [9.17, 15) is 13.6 Å².